The van der Waals surface area contributed by atoms with Crippen LogP contribution in [0, 0.1) is 0 Å². The molecule has 0 aromatic heterocycles. The van der Waals surface area contributed by atoms with Gasteiger partial charge in [-0.25, -0.2) is 4.79 Å². The molecule has 8 heavy (non-hydrogen) atoms. The van der Waals surface area contributed by atoms with Crippen molar-refractivity contribution in [3.8, 4) is 0 Å². The summed E-state index contributed by atoms with van der Waals surface area (Å²) >= 11 is 0. The Morgan fingerprint density at radius 2 is 2.50 bits per heavy atom. The van der Waals surface area contributed by atoms with E-state index in [-0.39, 0.29) is 0 Å². The SMILES string of the molecule is C=CC(=C=C=O)OC. The largest absolute Gasteiger partial charge is 0.489 e. The smallest absolute Gasteiger partial charge is 0.180 e. The first-order valence-electron chi connectivity index (χ1n) is 2.01. The number of carbonyl (C=O) groups excluding carboxylic acids is 1. The van der Waals surface area contributed by atoms with Gasteiger partial charge in [-0.2, -0.15) is 0 Å². The maximum absolute atomic E-state index is 9.55. The summed E-state index contributed by atoms with van der Waals surface area (Å²) in [6.45, 7) is 3.35. The minimum atomic E-state index is 0.306. The molecule has 42 valence electrons. The van der Waals surface area contributed by atoms with E-state index < -0.39 is 0 Å². The second-order valence-corrected chi connectivity index (χ2v) is 1.000. The summed E-state index contributed by atoms with van der Waals surface area (Å²) < 4.78 is 4.56. The van der Waals surface area contributed by atoms with Gasteiger partial charge in [0.1, 0.15) is 0 Å². The van der Waals surface area contributed by atoms with Crippen molar-refractivity contribution < 1.29 is 9.53 Å². The van der Waals surface area contributed by atoms with Crippen LogP contribution < -0.4 is 0 Å². The van der Waals surface area contributed by atoms with Crippen LogP contribution in [-0.4, -0.2) is 13.1 Å². The summed E-state index contributed by atoms with van der Waals surface area (Å²) in [5.74, 6) is 1.74. The molecule has 0 saturated carbocycles. The third-order valence-electron chi connectivity index (χ3n) is 0.580. The lowest BCUT2D eigenvalue weighted by Crippen LogP contribution is -1.75. The van der Waals surface area contributed by atoms with Gasteiger partial charge in [-0.3, -0.25) is 0 Å². The lowest BCUT2D eigenvalue weighted by atomic mass is 10.5. The molecular weight excluding hydrogens is 104 g/mol. The van der Waals surface area contributed by atoms with Crippen LogP contribution >= 0.6 is 0 Å². The molecule has 0 unspecified atom stereocenters. The van der Waals surface area contributed by atoms with Gasteiger partial charge in [-0.05, 0) is 6.08 Å². The van der Waals surface area contributed by atoms with Crippen molar-refractivity contribution in [3.05, 3.63) is 24.1 Å². The monoisotopic (exact) mass is 110 g/mol. The van der Waals surface area contributed by atoms with E-state index in [0.717, 1.165) is 0 Å². The predicted molar refractivity (Wildman–Crippen MR) is 29.9 cm³/mol. The van der Waals surface area contributed by atoms with Gasteiger partial charge < -0.3 is 4.74 Å². The summed E-state index contributed by atoms with van der Waals surface area (Å²) in [4.78, 5) is 9.55. The molecule has 0 bridgehead atoms. The number of hydrogen-bond acceptors (Lipinski definition) is 2. The standard InChI is InChI=1S/C6H6O2/c1-3-6(8-2)4-5-7/h3H,1H2,2H3. The Kier molecular flexibility index (Phi) is 3.34. The van der Waals surface area contributed by atoms with Crippen LogP contribution in [0.15, 0.2) is 24.1 Å². The zero-order chi connectivity index (χ0) is 6.41. The number of allylic oxidation sites excluding steroid dienone is 1. The lowest BCUT2D eigenvalue weighted by molar-refractivity contribution is 0.308. The van der Waals surface area contributed by atoms with E-state index in [4.69, 9.17) is 0 Å². The van der Waals surface area contributed by atoms with Gasteiger partial charge in [0.25, 0.3) is 0 Å². The highest BCUT2D eigenvalue weighted by molar-refractivity contribution is 5.45. The van der Waals surface area contributed by atoms with Crippen LogP contribution in [0.4, 0.5) is 0 Å². The molecular formula is C6H6O2. The van der Waals surface area contributed by atoms with E-state index in [1.54, 1.807) is 0 Å². The molecule has 0 radical (unpaired) electrons. The molecule has 0 aliphatic heterocycles. The summed E-state index contributed by atoms with van der Waals surface area (Å²) in [5.41, 5.74) is 2.15. The van der Waals surface area contributed by atoms with E-state index in [1.165, 1.54) is 19.1 Å². The van der Waals surface area contributed by atoms with Crippen LogP contribution in [0.3, 0.4) is 0 Å². The second-order valence-electron chi connectivity index (χ2n) is 1.000. The van der Waals surface area contributed by atoms with E-state index in [0.29, 0.717) is 5.76 Å². The molecule has 0 heterocycles. The van der Waals surface area contributed by atoms with Crippen LogP contribution in [0.2, 0.25) is 0 Å². The molecule has 0 N–H and O–H groups in total. The van der Waals surface area contributed by atoms with Crippen LogP contribution in [-0.2, 0) is 9.53 Å². The molecule has 2 nitrogen and oxygen atoms in total. The summed E-state index contributed by atoms with van der Waals surface area (Å²) in [6.07, 6.45) is 1.38. The zero-order valence-corrected chi connectivity index (χ0v) is 4.60. The average molecular weight is 110 g/mol. The maximum Gasteiger partial charge on any atom is 0.180 e. The highest BCUT2D eigenvalue weighted by atomic mass is 16.5. The molecule has 0 fully saturated rings. The molecule has 0 atom stereocenters. The Labute approximate surface area is 47.8 Å². The Hall–Kier alpha value is -1.23. The Morgan fingerprint density at radius 1 is 1.88 bits per heavy atom. The Morgan fingerprint density at radius 3 is 2.62 bits per heavy atom. The van der Waals surface area contributed by atoms with Gasteiger partial charge in [0.15, 0.2) is 11.7 Å². The highest BCUT2D eigenvalue weighted by Crippen LogP contribution is 1.88. The van der Waals surface area contributed by atoms with Crippen molar-refractivity contribution in [1.82, 2.24) is 0 Å². The molecule has 0 saturated heterocycles. The minimum Gasteiger partial charge on any atom is -0.489 e. The van der Waals surface area contributed by atoms with Gasteiger partial charge >= 0.3 is 0 Å². The first-order chi connectivity index (χ1) is 3.85. The van der Waals surface area contributed by atoms with Gasteiger partial charge in [0, 0.05) is 5.73 Å². The Balaban J connectivity index is 4.31. The summed E-state index contributed by atoms with van der Waals surface area (Å²) in [7, 11) is 1.43. The number of rotatable bonds is 2. The van der Waals surface area contributed by atoms with Crippen LogP contribution in [0.25, 0.3) is 0 Å². The predicted octanol–water partition coefficient (Wildman–Crippen LogP) is 0.689. The molecule has 0 rings (SSSR count). The summed E-state index contributed by atoms with van der Waals surface area (Å²) in [6, 6.07) is 0. The molecule has 0 aliphatic rings. The fourth-order valence-electron chi connectivity index (χ4n) is 0.236. The third kappa shape index (κ3) is 2.04. The van der Waals surface area contributed by atoms with Crippen molar-refractivity contribution >= 4 is 5.94 Å². The van der Waals surface area contributed by atoms with Gasteiger partial charge in [-0.15, -0.1) is 0 Å². The molecule has 0 aliphatic carbocycles. The van der Waals surface area contributed by atoms with Crippen molar-refractivity contribution in [2.45, 2.75) is 0 Å². The van der Waals surface area contributed by atoms with Crippen molar-refractivity contribution in [1.29, 1.82) is 0 Å². The van der Waals surface area contributed by atoms with Crippen molar-refractivity contribution in [2.75, 3.05) is 7.11 Å². The molecule has 0 spiro atoms. The van der Waals surface area contributed by atoms with E-state index >= 15 is 0 Å². The Bertz CT molecular complexity index is 157. The van der Waals surface area contributed by atoms with E-state index in [2.05, 4.69) is 17.0 Å². The zero-order valence-electron chi connectivity index (χ0n) is 4.60. The normalized spacial score (nSPS) is 6.12. The van der Waals surface area contributed by atoms with E-state index in [1.807, 2.05) is 0 Å². The van der Waals surface area contributed by atoms with Crippen molar-refractivity contribution in [2.24, 2.45) is 0 Å². The highest BCUT2D eigenvalue weighted by Gasteiger charge is 1.78. The minimum absolute atomic E-state index is 0.306. The summed E-state index contributed by atoms with van der Waals surface area (Å²) in [5, 5.41) is 0. The number of ether oxygens (including phenoxy) is 1. The second kappa shape index (κ2) is 3.94. The van der Waals surface area contributed by atoms with Crippen molar-refractivity contribution in [3.63, 3.8) is 0 Å². The maximum atomic E-state index is 9.55. The number of hydrogen-bond donors (Lipinski definition) is 0. The first kappa shape index (κ1) is 6.77. The number of methoxy groups -OCH3 is 1. The first-order valence-corrected chi connectivity index (χ1v) is 2.01. The molecule has 0 amide bonds. The van der Waals surface area contributed by atoms with Crippen LogP contribution in [0.1, 0.15) is 0 Å². The van der Waals surface area contributed by atoms with Gasteiger partial charge in [0.2, 0.25) is 0 Å². The molecule has 0 aromatic rings. The van der Waals surface area contributed by atoms with E-state index in [9.17, 15) is 4.79 Å². The lowest BCUT2D eigenvalue weighted by Gasteiger charge is -1.89. The quantitative estimate of drug-likeness (QED) is 0.226. The fourth-order valence-corrected chi connectivity index (χ4v) is 0.236. The average Bonchev–Trinajstić information content (AvgIpc) is 1.83. The molecule has 2 heteroatoms. The fraction of sp³-hybridized carbons (Fsp3) is 0.167. The van der Waals surface area contributed by atoms with Gasteiger partial charge in [-0.1, -0.05) is 6.58 Å². The topological polar surface area (TPSA) is 26.3 Å². The molecule has 0 aromatic carbocycles. The third-order valence-corrected chi connectivity index (χ3v) is 0.580. The van der Waals surface area contributed by atoms with Crippen LogP contribution in [0.5, 0.6) is 0 Å². The van der Waals surface area contributed by atoms with Gasteiger partial charge in [0.05, 0.1) is 7.11 Å².